The first-order chi connectivity index (χ1) is 12.0. The van der Waals surface area contributed by atoms with Crippen molar-refractivity contribution in [1.29, 1.82) is 0 Å². The van der Waals surface area contributed by atoms with Crippen LogP contribution < -0.4 is 14.8 Å². The van der Waals surface area contributed by atoms with Gasteiger partial charge in [-0.15, -0.1) is 0 Å². The van der Waals surface area contributed by atoms with Gasteiger partial charge in [-0.1, -0.05) is 23.7 Å². The van der Waals surface area contributed by atoms with Gasteiger partial charge in [0.15, 0.2) is 6.61 Å². The highest BCUT2D eigenvalue weighted by Crippen LogP contribution is 2.25. The number of nitrogens with one attached hydrogen (secondary N) is 1. The van der Waals surface area contributed by atoms with E-state index in [0.29, 0.717) is 12.3 Å². The minimum absolute atomic E-state index is 0.00302. The number of aryl methyl sites for hydroxylation is 3. The van der Waals surface area contributed by atoms with Crippen molar-refractivity contribution in [3.05, 3.63) is 58.1 Å². The fraction of sp³-hybridized carbons (Fsp3) is 0.350. The molecule has 0 bridgehead atoms. The van der Waals surface area contributed by atoms with Crippen molar-refractivity contribution in [3.63, 3.8) is 0 Å². The molecule has 2 aromatic carbocycles. The van der Waals surface area contributed by atoms with Crippen LogP contribution in [0.15, 0.2) is 36.4 Å². The summed E-state index contributed by atoms with van der Waals surface area (Å²) in [6.07, 6.45) is 1.78. The van der Waals surface area contributed by atoms with E-state index in [1.54, 1.807) is 7.11 Å². The summed E-state index contributed by atoms with van der Waals surface area (Å²) in [5, 5.41) is 3.60. The molecule has 0 aromatic heterocycles. The Bertz CT molecular complexity index is 690. The van der Waals surface area contributed by atoms with Gasteiger partial charge in [0.05, 0.1) is 7.11 Å². The summed E-state index contributed by atoms with van der Waals surface area (Å²) in [6.45, 7) is 4.46. The van der Waals surface area contributed by atoms with Crippen molar-refractivity contribution in [1.82, 2.24) is 5.32 Å². The second-order valence-corrected chi connectivity index (χ2v) is 6.34. The van der Waals surface area contributed by atoms with Gasteiger partial charge in [0.25, 0.3) is 5.91 Å². The van der Waals surface area contributed by atoms with Crippen LogP contribution in [0.3, 0.4) is 0 Å². The highest BCUT2D eigenvalue weighted by atomic mass is 35.5. The van der Waals surface area contributed by atoms with Crippen LogP contribution in [0, 0.1) is 13.8 Å². The molecule has 25 heavy (non-hydrogen) atoms. The van der Waals surface area contributed by atoms with E-state index >= 15 is 0 Å². The summed E-state index contributed by atoms with van der Waals surface area (Å²) in [4.78, 5) is 11.9. The van der Waals surface area contributed by atoms with E-state index < -0.39 is 0 Å². The number of hydrogen-bond donors (Lipinski definition) is 1. The Kier molecular flexibility index (Phi) is 7.14. The average Bonchev–Trinajstić information content (AvgIpc) is 2.62. The lowest BCUT2D eigenvalue weighted by Crippen LogP contribution is -2.29. The molecule has 0 unspecified atom stereocenters. The third-order valence-electron chi connectivity index (χ3n) is 3.90. The maximum absolute atomic E-state index is 11.9. The molecule has 0 atom stereocenters. The summed E-state index contributed by atoms with van der Waals surface area (Å²) < 4.78 is 10.7. The zero-order valence-corrected chi connectivity index (χ0v) is 15.7. The summed E-state index contributed by atoms with van der Waals surface area (Å²) in [5.41, 5.74) is 3.10. The second-order valence-electron chi connectivity index (χ2n) is 5.96. The predicted molar refractivity (Wildman–Crippen MR) is 101 cm³/mol. The number of amides is 1. The summed E-state index contributed by atoms with van der Waals surface area (Å²) in [6, 6.07) is 11.6. The van der Waals surface area contributed by atoms with E-state index in [-0.39, 0.29) is 12.5 Å². The van der Waals surface area contributed by atoms with Crippen molar-refractivity contribution < 1.29 is 14.3 Å². The molecule has 0 radical (unpaired) electrons. The Morgan fingerprint density at radius 2 is 1.72 bits per heavy atom. The smallest absolute Gasteiger partial charge is 0.257 e. The Balaban J connectivity index is 1.68. The number of benzene rings is 2. The molecule has 2 aromatic rings. The van der Waals surface area contributed by atoms with Crippen LogP contribution >= 0.6 is 11.6 Å². The van der Waals surface area contributed by atoms with Gasteiger partial charge in [0.2, 0.25) is 0 Å². The molecular formula is C20H24ClNO3. The minimum Gasteiger partial charge on any atom is -0.497 e. The topological polar surface area (TPSA) is 47.6 Å². The van der Waals surface area contributed by atoms with Gasteiger partial charge in [-0.05, 0) is 67.6 Å². The van der Waals surface area contributed by atoms with Crippen LogP contribution in [0.5, 0.6) is 11.5 Å². The molecule has 0 spiro atoms. The van der Waals surface area contributed by atoms with Gasteiger partial charge < -0.3 is 14.8 Å². The lowest BCUT2D eigenvalue weighted by molar-refractivity contribution is -0.123. The fourth-order valence-corrected chi connectivity index (χ4v) is 2.61. The first kappa shape index (κ1) is 19.1. The van der Waals surface area contributed by atoms with E-state index in [0.717, 1.165) is 34.7 Å². The van der Waals surface area contributed by atoms with Crippen molar-refractivity contribution >= 4 is 17.5 Å². The Labute approximate surface area is 154 Å². The number of methoxy groups -OCH3 is 1. The average molecular weight is 362 g/mol. The molecule has 1 amide bonds. The molecule has 2 rings (SSSR count). The molecule has 0 saturated heterocycles. The van der Waals surface area contributed by atoms with E-state index in [4.69, 9.17) is 21.1 Å². The highest BCUT2D eigenvalue weighted by molar-refractivity contribution is 6.32. The zero-order chi connectivity index (χ0) is 18.2. The lowest BCUT2D eigenvalue weighted by Gasteiger charge is -2.10. The molecular weight excluding hydrogens is 338 g/mol. The fourth-order valence-electron chi connectivity index (χ4n) is 2.50. The van der Waals surface area contributed by atoms with Crippen LogP contribution in [0.2, 0.25) is 5.02 Å². The molecule has 4 nitrogen and oxygen atoms in total. The summed E-state index contributed by atoms with van der Waals surface area (Å²) >= 11 is 6.12. The first-order valence-corrected chi connectivity index (χ1v) is 8.66. The molecule has 0 heterocycles. The molecule has 5 heteroatoms. The SMILES string of the molecule is COc1ccc(CCCNC(=O)COc2cc(C)c(Cl)c(C)c2)cc1. The number of carbonyl (C=O) groups excluding carboxylic acids is 1. The number of carbonyl (C=O) groups is 1. The number of rotatable bonds is 8. The van der Waals surface area contributed by atoms with Crippen LogP contribution in [0.25, 0.3) is 0 Å². The Morgan fingerprint density at radius 3 is 2.32 bits per heavy atom. The van der Waals surface area contributed by atoms with Crippen molar-refractivity contribution in [2.45, 2.75) is 26.7 Å². The highest BCUT2D eigenvalue weighted by Gasteiger charge is 2.06. The van der Waals surface area contributed by atoms with E-state index in [1.165, 1.54) is 5.56 Å². The minimum atomic E-state index is -0.125. The van der Waals surface area contributed by atoms with Gasteiger partial charge in [-0.25, -0.2) is 0 Å². The van der Waals surface area contributed by atoms with Gasteiger partial charge >= 0.3 is 0 Å². The summed E-state index contributed by atoms with van der Waals surface area (Å²) in [7, 11) is 1.65. The Hall–Kier alpha value is -2.20. The van der Waals surface area contributed by atoms with Crippen molar-refractivity contribution in [2.24, 2.45) is 0 Å². The first-order valence-electron chi connectivity index (χ1n) is 8.29. The third kappa shape index (κ3) is 5.98. The molecule has 0 aliphatic rings. The number of halogens is 1. The van der Waals surface area contributed by atoms with E-state index in [1.807, 2.05) is 50.2 Å². The second kappa shape index (κ2) is 9.33. The van der Waals surface area contributed by atoms with Gasteiger partial charge in [0, 0.05) is 11.6 Å². The quantitative estimate of drug-likeness (QED) is 0.720. The zero-order valence-electron chi connectivity index (χ0n) is 14.9. The molecule has 0 saturated carbocycles. The van der Waals surface area contributed by atoms with Gasteiger partial charge in [0.1, 0.15) is 11.5 Å². The summed E-state index contributed by atoms with van der Waals surface area (Å²) in [5.74, 6) is 1.38. The molecule has 1 N–H and O–H groups in total. The van der Waals surface area contributed by atoms with E-state index in [9.17, 15) is 4.79 Å². The lowest BCUT2D eigenvalue weighted by atomic mass is 10.1. The largest absolute Gasteiger partial charge is 0.497 e. The van der Waals surface area contributed by atoms with Gasteiger partial charge in [-0.2, -0.15) is 0 Å². The normalized spacial score (nSPS) is 10.4. The molecule has 0 aliphatic carbocycles. The monoisotopic (exact) mass is 361 g/mol. The Morgan fingerprint density at radius 1 is 1.08 bits per heavy atom. The van der Waals surface area contributed by atoms with Crippen molar-refractivity contribution in [2.75, 3.05) is 20.3 Å². The standard InChI is InChI=1S/C20H24ClNO3/c1-14-11-18(12-15(2)20(14)21)25-13-19(23)22-10-4-5-16-6-8-17(24-3)9-7-16/h6-9,11-12H,4-5,10,13H2,1-3H3,(H,22,23). The molecule has 0 aliphatic heterocycles. The van der Waals surface area contributed by atoms with Crippen LogP contribution in [-0.4, -0.2) is 26.2 Å². The van der Waals surface area contributed by atoms with Crippen molar-refractivity contribution in [3.8, 4) is 11.5 Å². The maximum Gasteiger partial charge on any atom is 0.257 e. The van der Waals surface area contributed by atoms with Crippen LogP contribution in [0.4, 0.5) is 0 Å². The van der Waals surface area contributed by atoms with E-state index in [2.05, 4.69) is 5.32 Å². The molecule has 0 fully saturated rings. The number of hydrogen-bond acceptors (Lipinski definition) is 3. The maximum atomic E-state index is 11.9. The van der Waals surface area contributed by atoms with Gasteiger partial charge in [-0.3, -0.25) is 4.79 Å². The van der Waals surface area contributed by atoms with Crippen LogP contribution in [-0.2, 0) is 11.2 Å². The molecule has 134 valence electrons. The third-order valence-corrected chi connectivity index (χ3v) is 4.50. The predicted octanol–water partition coefficient (Wildman–Crippen LogP) is 4.09. The number of ether oxygens (including phenoxy) is 2. The van der Waals surface area contributed by atoms with Crippen LogP contribution in [0.1, 0.15) is 23.1 Å².